The largest absolute Gasteiger partial charge is 0.493 e. The molecule has 0 heterocycles. The van der Waals surface area contributed by atoms with Crippen LogP contribution in [0.25, 0.3) is 0 Å². The van der Waals surface area contributed by atoms with E-state index < -0.39 is 5.97 Å². The van der Waals surface area contributed by atoms with Gasteiger partial charge in [-0.2, -0.15) is 0 Å². The monoisotopic (exact) mass is 364 g/mol. The molecule has 5 nitrogen and oxygen atoms in total. The van der Waals surface area contributed by atoms with Gasteiger partial charge >= 0.3 is 5.97 Å². The topological polar surface area (TPSA) is 65.0 Å². The fourth-order valence-electron chi connectivity index (χ4n) is 2.19. The second-order valence-electron chi connectivity index (χ2n) is 6.45. The zero-order chi connectivity index (χ0) is 18.6. The summed E-state index contributed by atoms with van der Waals surface area (Å²) in [6.45, 7) is 6.17. The molecule has 0 radical (unpaired) electrons. The molecule has 0 amide bonds. The highest BCUT2D eigenvalue weighted by molar-refractivity contribution is 6.32. The van der Waals surface area contributed by atoms with Crippen LogP contribution in [0.4, 0.5) is 0 Å². The Kier molecular flexibility index (Phi) is 5.80. The summed E-state index contributed by atoms with van der Waals surface area (Å²) in [6, 6.07) is 10.3. The molecule has 0 fully saturated rings. The maximum atomic E-state index is 11.1. The van der Waals surface area contributed by atoms with E-state index in [0.29, 0.717) is 5.75 Å². The summed E-state index contributed by atoms with van der Waals surface area (Å²) >= 11 is 6.15. The number of ether oxygens (including phenoxy) is 3. The summed E-state index contributed by atoms with van der Waals surface area (Å²) in [4.78, 5) is 11.1. The van der Waals surface area contributed by atoms with Crippen LogP contribution in [0.3, 0.4) is 0 Å². The second kappa shape index (κ2) is 7.66. The van der Waals surface area contributed by atoms with E-state index in [9.17, 15) is 4.79 Å². The van der Waals surface area contributed by atoms with Gasteiger partial charge in [0.25, 0.3) is 0 Å². The maximum Gasteiger partial charge on any atom is 0.335 e. The molecule has 0 bridgehead atoms. The molecule has 0 atom stereocenters. The molecular formula is C19H21ClO5. The molecule has 0 aliphatic carbocycles. The van der Waals surface area contributed by atoms with Crippen molar-refractivity contribution in [2.75, 3.05) is 7.11 Å². The van der Waals surface area contributed by atoms with E-state index >= 15 is 0 Å². The van der Waals surface area contributed by atoms with Gasteiger partial charge in [0.15, 0.2) is 11.5 Å². The van der Waals surface area contributed by atoms with Gasteiger partial charge in [-0.15, -0.1) is 0 Å². The molecule has 0 spiro atoms. The Hall–Kier alpha value is -2.40. The Balaban J connectivity index is 2.19. The van der Waals surface area contributed by atoms with Gasteiger partial charge < -0.3 is 19.3 Å². The molecule has 134 valence electrons. The summed E-state index contributed by atoms with van der Waals surface area (Å²) in [5, 5.41) is 9.26. The number of benzene rings is 2. The lowest BCUT2D eigenvalue weighted by Crippen LogP contribution is -2.22. The molecule has 0 aliphatic rings. The zero-order valence-electron chi connectivity index (χ0n) is 14.6. The van der Waals surface area contributed by atoms with Crippen molar-refractivity contribution in [1.29, 1.82) is 0 Å². The first-order chi connectivity index (χ1) is 11.7. The number of hydrogen-bond acceptors (Lipinski definition) is 4. The maximum absolute atomic E-state index is 11.1. The van der Waals surface area contributed by atoms with Crippen molar-refractivity contribution in [3.05, 3.63) is 52.5 Å². The summed E-state index contributed by atoms with van der Waals surface area (Å²) in [5.41, 5.74) is 0.635. The quantitative estimate of drug-likeness (QED) is 0.797. The number of methoxy groups -OCH3 is 1. The van der Waals surface area contributed by atoms with Gasteiger partial charge in [0.2, 0.25) is 0 Å². The average molecular weight is 365 g/mol. The molecule has 0 saturated carbocycles. The number of aromatic carboxylic acids is 1. The van der Waals surface area contributed by atoms with Crippen LogP contribution in [-0.2, 0) is 6.61 Å². The van der Waals surface area contributed by atoms with Gasteiger partial charge in [-0.05, 0) is 50.6 Å². The summed E-state index contributed by atoms with van der Waals surface area (Å²) in [5.74, 6) is 0.231. The predicted octanol–water partition coefficient (Wildman–Crippen LogP) is 4.80. The SMILES string of the molecule is COc1cc(C(=O)O)cc(Cl)c1OCc1cccc(OC(C)(C)C)c1. The van der Waals surface area contributed by atoms with Crippen LogP contribution in [0.5, 0.6) is 17.2 Å². The normalized spacial score (nSPS) is 11.1. The first kappa shape index (κ1) is 18.9. The van der Waals surface area contributed by atoms with E-state index in [2.05, 4.69) is 0 Å². The molecule has 2 rings (SSSR count). The predicted molar refractivity (Wildman–Crippen MR) is 96.1 cm³/mol. The van der Waals surface area contributed by atoms with E-state index in [4.69, 9.17) is 30.9 Å². The first-order valence-electron chi connectivity index (χ1n) is 7.71. The van der Waals surface area contributed by atoms with Gasteiger partial charge in [-0.25, -0.2) is 4.79 Å². The van der Waals surface area contributed by atoms with E-state index in [-0.39, 0.29) is 28.5 Å². The lowest BCUT2D eigenvalue weighted by atomic mass is 10.1. The Bertz CT molecular complexity index is 765. The minimum absolute atomic E-state index is 0.0368. The van der Waals surface area contributed by atoms with E-state index in [1.165, 1.54) is 19.2 Å². The minimum Gasteiger partial charge on any atom is -0.493 e. The second-order valence-corrected chi connectivity index (χ2v) is 6.85. The molecule has 25 heavy (non-hydrogen) atoms. The van der Waals surface area contributed by atoms with E-state index in [1.807, 2.05) is 45.0 Å². The lowest BCUT2D eigenvalue weighted by Gasteiger charge is -2.21. The lowest BCUT2D eigenvalue weighted by molar-refractivity contribution is 0.0696. The number of carboxylic acid groups (broad SMARTS) is 1. The number of halogens is 1. The molecule has 0 unspecified atom stereocenters. The number of hydrogen-bond donors (Lipinski definition) is 1. The van der Waals surface area contributed by atoms with Gasteiger partial charge in [0.05, 0.1) is 17.7 Å². The molecule has 0 saturated heterocycles. The Labute approximate surface area is 152 Å². The van der Waals surface area contributed by atoms with Crippen molar-refractivity contribution < 1.29 is 24.1 Å². The van der Waals surface area contributed by atoms with E-state index in [1.54, 1.807) is 0 Å². The molecule has 2 aromatic carbocycles. The van der Waals surface area contributed by atoms with Crippen molar-refractivity contribution in [3.63, 3.8) is 0 Å². The van der Waals surface area contributed by atoms with Crippen LogP contribution >= 0.6 is 11.6 Å². The number of rotatable bonds is 6. The third-order valence-corrected chi connectivity index (χ3v) is 3.46. The molecule has 2 aromatic rings. The Morgan fingerprint density at radius 3 is 2.52 bits per heavy atom. The summed E-state index contributed by atoms with van der Waals surface area (Å²) < 4.78 is 16.8. The van der Waals surface area contributed by atoms with Crippen molar-refractivity contribution in [3.8, 4) is 17.2 Å². The highest BCUT2D eigenvalue weighted by Gasteiger charge is 2.16. The van der Waals surface area contributed by atoms with Crippen molar-refractivity contribution in [1.82, 2.24) is 0 Å². The fourth-order valence-corrected chi connectivity index (χ4v) is 2.46. The minimum atomic E-state index is -1.08. The van der Waals surface area contributed by atoms with Crippen LogP contribution < -0.4 is 14.2 Å². The molecule has 0 aliphatic heterocycles. The fraction of sp³-hybridized carbons (Fsp3) is 0.316. The Morgan fingerprint density at radius 1 is 1.20 bits per heavy atom. The van der Waals surface area contributed by atoms with Crippen LogP contribution in [0.15, 0.2) is 36.4 Å². The van der Waals surface area contributed by atoms with Crippen molar-refractivity contribution in [2.24, 2.45) is 0 Å². The highest BCUT2D eigenvalue weighted by Crippen LogP contribution is 2.37. The molecule has 0 aromatic heterocycles. The standard InChI is InChI=1S/C19H21ClO5/c1-19(2,3)25-14-7-5-6-12(8-14)11-24-17-15(20)9-13(18(21)22)10-16(17)23-4/h5-10H,11H2,1-4H3,(H,21,22). The smallest absolute Gasteiger partial charge is 0.335 e. The number of carbonyl (C=O) groups is 1. The summed E-state index contributed by atoms with van der Waals surface area (Å²) in [7, 11) is 1.43. The first-order valence-corrected chi connectivity index (χ1v) is 8.09. The van der Waals surface area contributed by atoms with Crippen LogP contribution in [0.2, 0.25) is 5.02 Å². The van der Waals surface area contributed by atoms with Crippen LogP contribution in [-0.4, -0.2) is 23.8 Å². The molecular weight excluding hydrogens is 344 g/mol. The third-order valence-electron chi connectivity index (χ3n) is 3.18. The van der Waals surface area contributed by atoms with Crippen molar-refractivity contribution in [2.45, 2.75) is 33.0 Å². The third kappa shape index (κ3) is 5.29. The van der Waals surface area contributed by atoms with E-state index in [0.717, 1.165) is 11.3 Å². The van der Waals surface area contributed by atoms with Gasteiger partial charge in [0, 0.05) is 0 Å². The van der Waals surface area contributed by atoms with Crippen LogP contribution in [0, 0.1) is 0 Å². The number of carboxylic acids is 1. The van der Waals surface area contributed by atoms with Crippen molar-refractivity contribution >= 4 is 17.6 Å². The molecule has 1 N–H and O–H groups in total. The zero-order valence-corrected chi connectivity index (χ0v) is 15.4. The molecule has 6 heteroatoms. The average Bonchev–Trinajstić information content (AvgIpc) is 2.51. The summed E-state index contributed by atoms with van der Waals surface area (Å²) in [6.07, 6.45) is 0. The highest BCUT2D eigenvalue weighted by atomic mass is 35.5. The van der Waals surface area contributed by atoms with Crippen LogP contribution in [0.1, 0.15) is 36.7 Å². The van der Waals surface area contributed by atoms with Gasteiger partial charge in [-0.1, -0.05) is 23.7 Å². The van der Waals surface area contributed by atoms with Gasteiger partial charge in [-0.3, -0.25) is 0 Å². The van der Waals surface area contributed by atoms with Gasteiger partial charge in [0.1, 0.15) is 18.0 Å². The Morgan fingerprint density at radius 2 is 1.92 bits per heavy atom.